The van der Waals surface area contributed by atoms with Gasteiger partial charge in [0.25, 0.3) is 0 Å². The van der Waals surface area contributed by atoms with Crippen molar-refractivity contribution in [3.8, 4) is 0 Å². The molecule has 2 aromatic rings. The van der Waals surface area contributed by atoms with E-state index in [-0.39, 0.29) is 115 Å². The lowest BCUT2D eigenvalue weighted by Gasteiger charge is -2.37. The second-order valence-corrected chi connectivity index (χ2v) is 24.6. The first kappa shape index (κ1) is 84.1. The third-order valence-corrected chi connectivity index (χ3v) is 16.3. The summed E-state index contributed by atoms with van der Waals surface area (Å²) in [6.45, 7) is 0.308. The number of anilines is 1. The molecule has 1 unspecified atom stereocenters. The molecule has 99 heavy (non-hydrogen) atoms. The average molecular weight is 1420 g/mol. The van der Waals surface area contributed by atoms with Crippen LogP contribution in [0.5, 0.6) is 0 Å². The molecule has 16 N–H and O–H groups in total. The minimum atomic E-state index is -1.59. The Hall–Kier alpha value is -9.12. The van der Waals surface area contributed by atoms with Crippen LogP contribution in [-0.2, 0) is 70.4 Å². The van der Waals surface area contributed by atoms with Gasteiger partial charge < -0.3 is 83.4 Å². The molecule has 0 radical (unpaired) electrons. The summed E-state index contributed by atoms with van der Waals surface area (Å²) in [6, 6.07) is 9.57. The van der Waals surface area contributed by atoms with Crippen LogP contribution >= 0.6 is 12.2 Å². The maximum Gasteiger partial charge on any atom is 0.326 e. The summed E-state index contributed by atoms with van der Waals surface area (Å²) in [5.41, 5.74) is 2.46. The number of thiocarbonyl (C=S) groups is 1. The summed E-state index contributed by atoms with van der Waals surface area (Å²) in [5.74, 6) is -11.8. The van der Waals surface area contributed by atoms with Gasteiger partial charge in [-0.05, 0) is 119 Å². The first-order valence-electron chi connectivity index (χ1n) is 33.2. The Labute approximate surface area is 579 Å². The van der Waals surface area contributed by atoms with Crippen LogP contribution in [0.3, 0.4) is 0 Å². The summed E-state index contributed by atoms with van der Waals surface area (Å²) in [7, 11) is 0. The summed E-state index contributed by atoms with van der Waals surface area (Å²) < 4.78 is 0. The summed E-state index contributed by atoms with van der Waals surface area (Å²) in [5, 5.41) is 98.3. The largest absolute Gasteiger partial charge is 0.481 e. The highest BCUT2D eigenvalue weighted by molar-refractivity contribution is 7.80. The minimum Gasteiger partial charge on any atom is -0.481 e. The molecule has 3 rings (SSSR count). The smallest absolute Gasteiger partial charge is 0.326 e. The Morgan fingerprint density at radius 3 is 1.43 bits per heavy atom. The van der Waals surface area contributed by atoms with Crippen LogP contribution in [-0.4, -0.2) is 265 Å². The number of benzene rings is 2. The van der Waals surface area contributed by atoms with E-state index in [0.717, 1.165) is 17.5 Å². The molecular weight excluding hydrogens is 1320 g/mol. The molecule has 1 fully saturated rings. The lowest BCUT2D eigenvalue weighted by atomic mass is 10.0. The van der Waals surface area contributed by atoms with Gasteiger partial charge in [0.05, 0.1) is 26.2 Å². The molecule has 1 aliphatic rings. The number of nitrogens with zero attached hydrogens (tertiary/aromatic N) is 4. The van der Waals surface area contributed by atoms with Crippen molar-refractivity contribution in [1.82, 2.24) is 56.8 Å². The quantitative estimate of drug-likeness (QED) is 0.0328. The van der Waals surface area contributed by atoms with Gasteiger partial charge >= 0.3 is 53.8 Å². The minimum absolute atomic E-state index is 0.0418. The number of rotatable bonds is 47. The van der Waals surface area contributed by atoms with E-state index in [4.69, 9.17) is 17.3 Å². The SMILES string of the molecule is O=C(O)CC[C@H](NC(=O)N[C@@H](CCC(=O)NCCCCCCCC(=O)N[C@@H](CCCCNC(=S)Nc1ccc(CC2CN(CC(=O)O)CCN(CC(=O)O)CCN(CC(=O)O)CCN2CC(=O)O)cc1)C(=O)N[C@@H](CCCCNC(=O)CCCc1ccccc1)C(=O)O)C(=O)O)C(=O)O. The normalized spacial score (nSPS) is 15.3. The number of aliphatic carboxylic acids is 8. The summed E-state index contributed by atoms with van der Waals surface area (Å²) >= 11 is 5.58. The maximum absolute atomic E-state index is 13.8. The Balaban J connectivity index is 1.58. The van der Waals surface area contributed by atoms with Gasteiger partial charge in [0.2, 0.25) is 23.6 Å². The first-order chi connectivity index (χ1) is 47.1. The number of carbonyl (C=O) groups excluding carboxylic acids is 5. The van der Waals surface area contributed by atoms with E-state index in [1.165, 1.54) is 0 Å². The van der Waals surface area contributed by atoms with Gasteiger partial charge in [-0.3, -0.25) is 62.8 Å². The Bertz CT molecular complexity index is 2950. The number of unbranched alkanes of at least 4 members (excludes halogenated alkanes) is 6. The molecule has 6 amide bonds. The number of nitrogens with one attached hydrogen (secondary N) is 8. The molecule has 1 heterocycles. The number of urea groups is 1. The van der Waals surface area contributed by atoms with Crippen molar-refractivity contribution in [1.29, 1.82) is 0 Å². The van der Waals surface area contributed by atoms with Gasteiger partial charge in [-0.2, -0.15) is 0 Å². The van der Waals surface area contributed by atoms with Crippen LogP contribution < -0.4 is 42.5 Å². The van der Waals surface area contributed by atoms with E-state index in [1.807, 2.05) is 35.6 Å². The second kappa shape index (κ2) is 47.8. The van der Waals surface area contributed by atoms with Crippen molar-refractivity contribution >= 4 is 100 Å². The van der Waals surface area contributed by atoms with E-state index in [0.29, 0.717) is 89.4 Å². The van der Waals surface area contributed by atoms with Crippen LogP contribution in [0, 0.1) is 0 Å². The summed E-state index contributed by atoms with van der Waals surface area (Å²) in [6.07, 6.45) is 5.12. The highest BCUT2D eigenvalue weighted by Crippen LogP contribution is 2.18. The molecule has 1 saturated heterocycles. The standard InChI is InChI=1S/C65H98N12O21S/c78-52(20-13-16-44-14-5-4-6-15-44)66-30-11-9-18-49(61(92)93)71-60(91)48(70-54(80)19-7-2-1-3-10-29-67-53(79)27-25-50(62(94)95)72-64(98)73-51(63(96)97)26-28-55(81)82)17-8-12-31-68-65(99)69-46-23-21-45(22-24-46)38-47-39-76(42-58(87)88)35-34-74(40-56(83)84)32-33-75(41-57(85)86)36-37-77(47)43-59(89)90/h4-6,14-15,21-24,47-51H,1-3,7-13,16-20,25-43H2,(H,66,78)(H,67,79)(H,70,80)(H,71,91)(H,81,82)(H,83,84)(H,85,86)(H,87,88)(H,89,90)(H,92,93)(H,94,95)(H,96,97)(H2,68,69,99)(H2,72,73,98)/t47?,48-,49-,50-,51-/m0/s1. The van der Waals surface area contributed by atoms with E-state index in [1.54, 1.807) is 43.9 Å². The monoisotopic (exact) mass is 1410 g/mol. The molecule has 5 atom stereocenters. The molecule has 2 aromatic carbocycles. The van der Waals surface area contributed by atoms with Crippen LogP contribution in [0.25, 0.3) is 0 Å². The molecule has 550 valence electrons. The van der Waals surface area contributed by atoms with Gasteiger partial charge in [0.1, 0.15) is 24.2 Å². The molecule has 0 spiro atoms. The molecule has 1 aliphatic heterocycles. The zero-order valence-corrected chi connectivity index (χ0v) is 56.5. The Morgan fingerprint density at radius 2 is 0.879 bits per heavy atom. The maximum atomic E-state index is 13.8. The molecule has 0 saturated carbocycles. The lowest BCUT2D eigenvalue weighted by Crippen LogP contribution is -2.53. The van der Waals surface area contributed by atoms with Gasteiger partial charge in [-0.25, -0.2) is 19.2 Å². The van der Waals surface area contributed by atoms with Gasteiger partial charge in [-0.15, -0.1) is 0 Å². The van der Waals surface area contributed by atoms with Crippen LogP contribution in [0.4, 0.5) is 10.5 Å². The number of amides is 6. The zero-order valence-electron chi connectivity index (χ0n) is 55.7. The first-order valence-corrected chi connectivity index (χ1v) is 33.6. The molecule has 33 nitrogen and oxygen atoms in total. The van der Waals surface area contributed by atoms with Crippen LogP contribution in [0.1, 0.15) is 127 Å². The summed E-state index contributed by atoms with van der Waals surface area (Å²) in [4.78, 5) is 165. The molecular formula is C65H98N12O21S. The van der Waals surface area contributed by atoms with Crippen molar-refractivity contribution in [3.05, 3.63) is 65.7 Å². The van der Waals surface area contributed by atoms with Gasteiger partial charge in [0.15, 0.2) is 5.11 Å². The fourth-order valence-corrected chi connectivity index (χ4v) is 11.0. The highest BCUT2D eigenvalue weighted by Gasteiger charge is 2.30. The molecule has 0 aliphatic carbocycles. The van der Waals surface area contributed by atoms with Crippen molar-refractivity contribution < 1.29 is 103 Å². The van der Waals surface area contributed by atoms with E-state index < -0.39 is 128 Å². The van der Waals surface area contributed by atoms with E-state index in [9.17, 15) is 98.1 Å². The average Bonchev–Trinajstić information content (AvgIpc) is 0.883. The predicted octanol–water partition coefficient (Wildman–Crippen LogP) is 1.29. The Morgan fingerprint density at radius 1 is 0.414 bits per heavy atom. The van der Waals surface area contributed by atoms with Crippen molar-refractivity contribution in [2.75, 3.05) is 96.9 Å². The van der Waals surface area contributed by atoms with E-state index in [2.05, 4.69) is 37.2 Å². The number of hydrogen-bond acceptors (Lipinski definition) is 18. The second-order valence-electron chi connectivity index (χ2n) is 24.2. The van der Waals surface area contributed by atoms with Crippen molar-refractivity contribution in [2.24, 2.45) is 0 Å². The number of carboxylic acids is 8. The number of carbonyl (C=O) groups is 13. The number of aryl methyl sites for hydroxylation is 1. The van der Waals surface area contributed by atoms with Crippen LogP contribution in [0.2, 0.25) is 0 Å². The topological polar surface area (TPSA) is 493 Å². The van der Waals surface area contributed by atoms with Gasteiger partial charge in [0, 0.05) is 103 Å². The van der Waals surface area contributed by atoms with E-state index >= 15 is 0 Å². The third-order valence-electron chi connectivity index (χ3n) is 16.1. The fraction of sp³-hybridized carbons (Fsp3) is 0.600. The zero-order chi connectivity index (χ0) is 73.1. The Kier molecular flexibility index (Phi) is 40.6. The molecule has 0 aromatic heterocycles. The lowest BCUT2D eigenvalue weighted by molar-refractivity contribution is -0.142. The molecule has 0 bridgehead atoms. The predicted molar refractivity (Wildman–Crippen MR) is 363 cm³/mol. The fourth-order valence-electron chi connectivity index (χ4n) is 10.8. The molecule has 34 heteroatoms. The number of carboxylic acid groups (broad SMARTS) is 8. The van der Waals surface area contributed by atoms with Crippen LogP contribution in [0.15, 0.2) is 54.6 Å². The van der Waals surface area contributed by atoms with Gasteiger partial charge in [-0.1, -0.05) is 61.7 Å². The highest BCUT2D eigenvalue weighted by atomic mass is 32.1. The van der Waals surface area contributed by atoms with Crippen molar-refractivity contribution in [3.63, 3.8) is 0 Å². The third kappa shape index (κ3) is 39.2. The van der Waals surface area contributed by atoms with Crippen molar-refractivity contribution in [2.45, 2.75) is 159 Å². The number of hydrogen-bond donors (Lipinski definition) is 16.